The summed E-state index contributed by atoms with van der Waals surface area (Å²) in [5.74, 6) is -0.114. The number of benzene rings is 2. The molecule has 8 heteroatoms. The lowest BCUT2D eigenvalue weighted by molar-refractivity contribution is -0.142. The number of carbonyl (C=O) groups is 2. The summed E-state index contributed by atoms with van der Waals surface area (Å²) in [6, 6.07) is 11.1. The van der Waals surface area contributed by atoms with Crippen molar-refractivity contribution in [1.82, 2.24) is 10.2 Å². The highest BCUT2D eigenvalue weighted by molar-refractivity contribution is 6.42. The Morgan fingerprint density at radius 1 is 1.07 bits per heavy atom. The van der Waals surface area contributed by atoms with Gasteiger partial charge in [-0.3, -0.25) is 9.59 Å². The molecule has 0 fully saturated rings. The van der Waals surface area contributed by atoms with E-state index < -0.39 is 6.04 Å². The summed E-state index contributed by atoms with van der Waals surface area (Å²) in [5, 5.41) is 3.92. The molecule has 1 N–H and O–H groups in total. The molecule has 0 saturated carbocycles. The van der Waals surface area contributed by atoms with Crippen LogP contribution in [0.2, 0.25) is 15.1 Å². The Hall–Kier alpha value is -1.95. The molecule has 0 aromatic heterocycles. The van der Waals surface area contributed by atoms with Crippen molar-refractivity contribution in [3.05, 3.63) is 63.1 Å². The van der Waals surface area contributed by atoms with E-state index in [9.17, 15) is 9.59 Å². The van der Waals surface area contributed by atoms with Gasteiger partial charge in [-0.2, -0.15) is 0 Å². The Balaban J connectivity index is 2.14. The second-order valence-electron chi connectivity index (χ2n) is 5.80. The fourth-order valence-corrected chi connectivity index (χ4v) is 2.83. The number of likely N-dealkylation sites (N-methyl/N-ethyl adjacent to an activating group) is 1. The highest BCUT2D eigenvalue weighted by Crippen LogP contribution is 2.24. The third-order valence-electron chi connectivity index (χ3n) is 3.93. The van der Waals surface area contributed by atoms with E-state index in [-0.39, 0.29) is 25.0 Å². The summed E-state index contributed by atoms with van der Waals surface area (Å²) < 4.78 is 5.52. The van der Waals surface area contributed by atoms with Crippen molar-refractivity contribution in [2.24, 2.45) is 0 Å². The van der Waals surface area contributed by atoms with Gasteiger partial charge >= 0.3 is 0 Å². The molecular weight excluding hydrogens is 411 g/mol. The van der Waals surface area contributed by atoms with Gasteiger partial charge in [0.15, 0.2) is 6.61 Å². The molecule has 0 spiro atoms. The van der Waals surface area contributed by atoms with E-state index in [1.165, 1.54) is 11.9 Å². The zero-order valence-corrected chi connectivity index (χ0v) is 17.1. The number of amides is 2. The molecule has 0 heterocycles. The fourth-order valence-electron chi connectivity index (χ4n) is 2.39. The molecule has 2 aromatic carbocycles. The van der Waals surface area contributed by atoms with Crippen LogP contribution in [0.4, 0.5) is 0 Å². The average Bonchev–Trinajstić information content (AvgIpc) is 2.67. The maximum Gasteiger partial charge on any atom is 0.261 e. The number of carbonyl (C=O) groups excluding carboxylic acids is 2. The molecule has 0 aliphatic carbocycles. The summed E-state index contributed by atoms with van der Waals surface area (Å²) in [6.07, 6.45) is 0. The first-order chi connectivity index (χ1) is 12.8. The molecule has 0 aliphatic heterocycles. The first kappa shape index (κ1) is 21.4. The number of hydrogen-bond donors (Lipinski definition) is 1. The maximum atomic E-state index is 12.7. The standard InChI is InChI=1S/C19H19Cl3N2O3/c1-12(19(26)23-2)24(10-13-3-8-16(21)17(22)9-13)18(25)11-27-15-6-4-14(20)5-7-15/h3-9,12H,10-11H2,1-2H3,(H,23,26)/t12-/m0/s1. The molecule has 144 valence electrons. The Kier molecular flexibility index (Phi) is 7.78. The van der Waals surface area contributed by atoms with Crippen molar-refractivity contribution in [1.29, 1.82) is 0 Å². The Morgan fingerprint density at radius 3 is 2.33 bits per heavy atom. The SMILES string of the molecule is CNC(=O)[C@H](C)N(Cc1ccc(Cl)c(Cl)c1)C(=O)COc1ccc(Cl)cc1. The molecule has 0 radical (unpaired) electrons. The third kappa shape index (κ3) is 6.03. The zero-order valence-electron chi connectivity index (χ0n) is 14.8. The van der Waals surface area contributed by atoms with Gasteiger partial charge in [-0.25, -0.2) is 0 Å². The van der Waals surface area contributed by atoms with E-state index in [1.807, 2.05) is 0 Å². The number of halogens is 3. The van der Waals surface area contributed by atoms with Gasteiger partial charge in [-0.1, -0.05) is 40.9 Å². The lowest BCUT2D eigenvalue weighted by atomic mass is 10.1. The van der Waals surface area contributed by atoms with Crippen LogP contribution in [0.25, 0.3) is 0 Å². The molecule has 1 atom stereocenters. The summed E-state index contributed by atoms with van der Waals surface area (Å²) >= 11 is 17.8. The van der Waals surface area contributed by atoms with Gasteiger partial charge < -0.3 is 15.0 Å². The van der Waals surface area contributed by atoms with Gasteiger partial charge in [0.25, 0.3) is 5.91 Å². The van der Waals surface area contributed by atoms with Crippen LogP contribution < -0.4 is 10.1 Å². The minimum atomic E-state index is -0.689. The number of rotatable bonds is 7. The molecule has 5 nitrogen and oxygen atoms in total. The van der Waals surface area contributed by atoms with Crippen LogP contribution >= 0.6 is 34.8 Å². The topological polar surface area (TPSA) is 58.6 Å². The number of nitrogens with zero attached hydrogens (tertiary/aromatic N) is 1. The molecule has 0 aliphatic rings. The molecule has 2 aromatic rings. The van der Waals surface area contributed by atoms with Gasteiger partial charge in [-0.05, 0) is 48.9 Å². The van der Waals surface area contributed by atoms with Crippen molar-refractivity contribution in [2.75, 3.05) is 13.7 Å². The highest BCUT2D eigenvalue weighted by Gasteiger charge is 2.26. The number of hydrogen-bond acceptors (Lipinski definition) is 3. The Morgan fingerprint density at radius 2 is 1.74 bits per heavy atom. The summed E-state index contributed by atoms with van der Waals surface area (Å²) in [5.41, 5.74) is 0.750. The largest absolute Gasteiger partial charge is 0.484 e. The first-order valence-corrected chi connectivity index (χ1v) is 9.28. The summed E-state index contributed by atoms with van der Waals surface area (Å²) in [6.45, 7) is 1.62. The van der Waals surface area contributed by atoms with Crippen molar-refractivity contribution in [3.63, 3.8) is 0 Å². The van der Waals surface area contributed by atoms with E-state index >= 15 is 0 Å². The highest BCUT2D eigenvalue weighted by atomic mass is 35.5. The van der Waals surface area contributed by atoms with Crippen molar-refractivity contribution >= 4 is 46.6 Å². The second kappa shape index (κ2) is 9.83. The van der Waals surface area contributed by atoms with E-state index in [1.54, 1.807) is 49.4 Å². The molecule has 0 bridgehead atoms. The minimum absolute atomic E-state index is 0.189. The average molecular weight is 430 g/mol. The Labute approximate surface area is 173 Å². The second-order valence-corrected chi connectivity index (χ2v) is 7.05. The van der Waals surface area contributed by atoms with Gasteiger partial charge in [-0.15, -0.1) is 0 Å². The van der Waals surface area contributed by atoms with E-state index in [4.69, 9.17) is 39.5 Å². The van der Waals surface area contributed by atoms with E-state index in [0.29, 0.717) is 20.8 Å². The van der Waals surface area contributed by atoms with Gasteiger partial charge in [0.05, 0.1) is 10.0 Å². The predicted molar refractivity (Wildman–Crippen MR) is 107 cm³/mol. The number of nitrogens with one attached hydrogen (secondary N) is 1. The van der Waals surface area contributed by atoms with E-state index in [0.717, 1.165) is 5.56 Å². The van der Waals surface area contributed by atoms with Gasteiger partial charge in [0.1, 0.15) is 11.8 Å². The van der Waals surface area contributed by atoms with Crippen LogP contribution in [0, 0.1) is 0 Å². The normalized spacial score (nSPS) is 11.6. The molecule has 2 amide bonds. The number of ether oxygens (including phenoxy) is 1. The van der Waals surface area contributed by atoms with Crippen LogP contribution in [-0.4, -0.2) is 36.4 Å². The zero-order chi connectivity index (χ0) is 20.0. The van der Waals surface area contributed by atoms with Crippen molar-refractivity contribution < 1.29 is 14.3 Å². The minimum Gasteiger partial charge on any atom is -0.484 e. The van der Waals surface area contributed by atoms with Crippen LogP contribution in [0.15, 0.2) is 42.5 Å². The van der Waals surface area contributed by atoms with Crippen LogP contribution in [0.3, 0.4) is 0 Å². The van der Waals surface area contributed by atoms with Gasteiger partial charge in [0, 0.05) is 18.6 Å². The molecule has 0 saturated heterocycles. The molecular formula is C19H19Cl3N2O3. The van der Waals surface area contributed by atoms with Gasteiger partial charge in [0.2, 0.25) is 5.91 Å². The quantitative estimate of drug-likeness (QED) is 0.718. The monoisotopic (exact) mass is 428 g/mol. The van der Waals surface area contributed by atoms with E-state index in [2.05, 4.69) is 5.32 Å². The molecule has 27 heavy (non-hydrogen) atoms. The fraction of sp³-hybridized carbons (Fsp3) is 0.263. The van der Waals surface area contributed by atoms with Crippen molar-refractivity contribution in [2.45, 2.75) is 19.5 Å². The summed E-state index contributed by atoms with van der Waals surface area (Å²) in [7, 11) is 1.52. The lowest BCUT2D eigenvalue weighted by Gasteiger charge is -2.28. The Bertz CT molecular complexity index is 812. The van der Waals surface area contributed by atoms with Crippen LogP contribution in [0.1, 0.15) is 12.5 Å². The molecule has 2 rings (SSSR count). The summed E-state index contributed by atoms with van der Waals surface area (Å²) in [4.78, 5) is 26.2. The molecule has 0 unspecified atom stereocenters. The predicted octanol–water partition coefficient (Wildman–Crippen LogP) is 4.19. The first-order valence-electron chi connectivity index (χ1n) is 8.15. The maximum absolute atomic E-state index is 12.7. The van der Waals surface area contributed by atoms with Crippen LogP contribution in [-0.2, 0) is 16.1 Å². The lowest BCUT2D eigenvalue weighted by Crippen LogP contribution is -2.48. The van der Waals surface area contributed by atoms with Crippen molar-refractivity contribution in [3.8, 4) is 5.75 Å². The third-order valence-corrected chi connectivity index (χ3v) is 4.92. The van der Waals surface area contributed by atoms with Crippen LogP contribution in [0.5, 0.6) is 5.75 Å². The smallest absolute Gasteiger partial charge is 0.261 e.